The Kier molecular flexibility index (Phi) is 6.13. The van der Waals surface area contributed by atoms with E-state index in [4.69, 9.17) is 5.73 Å². The van der Waals surface area contributed by atoms with Gasteiger partial charge in [0.15, 0.2) is 0 Å². The zero-order valence-electron chi connectivity index (χ0n) is 12.2. The second-order valence-corrected chi connectivity index (χ2v) is 4.90. The van der Waals surface area contributed by atoms with Gasteiger partial charge in [0, 0.05) is 24.8 Å². The highest BCUT2D eigenvalue weighted by Crippen LogP contribution is 2.22. The Morgan fingerprint density at radius 2 is 2.00 bits per heavy atom. The summed E-state index contributed by atoms with van der Waals surface area (Å²) >= 11 is 0. The van der Waals surface area contributed by atoms with Gasteiger partial charge >= 0.3 is 0 Å². The van der Waals surface area contributed by atoms with Gasteiger partial charge in [0.2, 0.25) is 0 Å². The summed E-state index contributed by atoms with van der Waals surface area (Å²) in [6, 6.07) is 4.90. The summed E-state index contributed by atoms with van der Waals surface area (Å²) in [5.74, 6) is 1.11. The summed E-state index contributed by atoms with van der Waals surface area (Å²) < 4.78 is 0. The van der Waals surface area contributed by atoms with Crippen molar-refractivity contribution in [3.8, 4) is 0 Å². The fourth-order valence-corrected chi connectivity index (χ4v) is 2.17. The number of anilines is 1. The number of rotatable bonds is 7. The lowest BCUT2D eigenvalue weighted by molar-refractivity contribution is 0.608. The average Bonchev–Trinajstić information content (AvgIpc) is 2.41. The highest BCUT2D eigenvalue weighted by molar-refractivity contribution is 5.47. The third-order valence-corrected chi connectivity index (χ3v) is 3.61. The van der Waals surface area contributed by atoms with E-state index in [0.29, 0.717) is 6.04 Å². The number of nitrogens with zero attached hydrogens (tertiary/aromatic N) is 2. The van der Waals surface area contributed by atoms with E-state index in [-0.39, 0.29) is 6.04 Å². The summed E-state index contributed by atoms with van der Waals surface area (Å²) in [5.41, 5.74) is 7.35. The van der Waals surface area contributed by atoms with Gasteiger partial charge in [0.05, 0.1) is 0 Å². The summed E-state index contributed by atoms with van der Waals surface area (Å²) in [5, 5.41) is 0. The van der Waals surface area contributed by atoms with E-state index >= 15 is 0 Å². The second-order valence-electron chi connectivity index (χ2n) is 4.90. The van der Waals surface area contributed by atoms with Gasteiger partial charge < -0.3 is 10.6 Å². The minimum Gasteiger partial charge on any atom is -0.354 e. The lowest BCUT2D eigenvalue weighted by Crippen LogP contribution is -2.34. The highest BCUT2D eigenvalue weighted by atomic mass is 15.2. The third kappa shape index (κ3) is 3.70. The summed E-state index contributed by atoms with van der Waals surface area (Å²) in [4.78, 5) is 6.95. The predicted molar refractivity (Wildman–Crippen MR) is 79.0 cm³/mol. The molecule has 0 aliphatic carbocycles. The van der Waals surface area contributed by atoms with Crippen LogP contribution in [0.3, 0.4) is 0 Å². The van der Waals surface area contributed by atoms with Crippen molar-refractivity contribution >= 4 is 5.82 Å². The van der Waals surface area contributed by atoms with Crippen LogP contribution in [-0.2, 0) is 6.42 Å². The monoisotopic (exact) mass is 249 g/mol. The van der Waals surface area contributed by atoms with Crippen LogP contribution in [0.25, 0.3) is 0 Å². The summed E-state index contributed by atoms with van der Waals surface area (Å²) in [6.45, 7) is 9.77. The first-order valence-electron chi connectivity index (χ1n) is 7.10. The first-order valence-corrected chi connectivity index (χ1v) is 7.10. The van der Waals surface area contributed by atoms with E-state index in [1.54, 1.807) is 0 Å². The molecule has 1 aromatic rings. The van der Waals surface area contributed by atoms with Crippen molar-refractivity contribution in [2.75, 3.05) is 11.4 Å². The maximum absolute atomic E-state index is 6.08. The molecule has 0 fully saturated rings. The van der Waals surface area contributed by atoms with Gasteiger partial charge in [0.25, 0.3) is 0 Å². The highest BCUT2D eigenvalue weighted by Gasteiger charge is 2.16. The molecule has 0 bridgehead atoms. The van der Waals surface area contributed by atoms with E-state index in [2.05, 4.69) is 43.6 Å². The molecular weight excluding hydrogens is 222 g/mol. The topological polar surface area (TPSA) is 42.1 Å². The molecule has 18 heavy (non-hydrogen) atoms. The Labute approximate surface area is 111 Å². The average molecular weight is 249 g/mol. The molecule has 0 saturated carbocycles. The van der Waals surface area contributed by atoms with Crippen molar-refractivity contribution in [2.45, 2.75) is 59.0 Å². The minimum atomic E-state index is 0.226. The van der Waals surface area contributed by atoms with Crippen molar-refractivity contribution < 1.29 is 0 Å². The van der Waals surface area contributed by atoms with E-state index in [1.807, 2.05) is 12.3 Å². The Hall–Kier alpha value is -1.09. The molecule has 0 spiro atoms. The van der Waals surface area contributed by atoms with Crippen LogP contribution in [0.1, 0.15) is 46.1 Å². The fourth-order valence-electron chi connectivity index (χ4n) is 2.17. The first-order chi connectivity index (χ1) is 8.63. The van der Waals surface area contributed by atoms with Gasteiger partial charge in [-0.2, -0.15) is 0 Å². The molecule has 0 amide bonds. The van der Waals surface area contributed by atoms with Crippen LogP contribution in [0.5, 0.6) is 0 Å². The lowest BCUT2D eigenvalue weighted by Gasteiger charge is -2.30. The molecule has 1 heterocycles. The van der Waals surface area contributed by atoms with E-state index < -0.39 is 0 Å². The molecule has 0 saturated heterocycles. The summed E-state index contributed by atoms with van der Waals surface area (Å²) in [6.07, 6.45) is 4.92. The molecular formula is C15H27N3. The van der Waals surface area contributed by atoms with Crippen molar-refractivity contribution in [1.82, 2.24) is 4.98 Å². The Bertz CT molecular complexity index is 351. The molecule has 0 radical (unpaired) electrons. The van der Waals surface area contributed by atoms with Gasteiger partial charge in [-0.1, -0.05) is 19.9 Å². The zero-order chi connectivity index (χ0) is 13.5. The van der Waals surface area contributed by atoms with E-state index in [9.17, 15) is 0 Å². The molecule has 2 N–H and O–H groups in total. The fraction of sp³-hybridized carbons (Fsp3) is 0.667. The number of hydrogen-bond acceptors (Lipinski definition) is 3. The van der Waals surface area contributed by atoms with Crippen molar-refractivity contribution in [1.29, 1.82) is 0 Å². The molecule has 3 heteroatoms. The number of pyridine rings is 1. The van der Waals surface area contributed by atoms with Gasteiger partial charge in [0.1, 0.15) is 5.82 Å². The minimum absolute atomic E-state index is 0.226. The van der Waals surface area contributed by atoms with Crippen molar-refractivity contribution in [2.24, 2.45) is 5.73 Å². The SMILES string of the molecule is CCC(N)Cc1cccnc1N(CC)C(C)CC. The Balaban J connectivity index is 2.99. The molecule has 2 atom stereocenters. The van der Waals surface area contributed by atoms with Crippen LogP contribution < -0.4 is 10.6 Å². The molecule has 2 unspecified atom stereocenters. The van der Waals surface area contributed by atoms with Crippen LogP contribution in [0.4, 0.5) is 5.82 Å². The normalized spacial score (nSPS) is 14.3. The largest absolute Gasteiger partial charge is 0.354 e. The summed E-state index contributed by atoms with van der Waals surface area (Å²) in [7, 11) is 0. The molecule has 1 rings (SSSR count). The molecule has 0 aliphatic rings. The standard InChI is InChI=1S/C15H27N3/c1-5-12(4)18(7-3)15-13(9-8-10-17-15)11-14(16)6-2/h8-10,12,14H,5-7,11,16H2,1-4H3. The number of nitrogens with two attached hydrogens (primary N) is 1. The van der Waals surface area contributed by atoms with Gasteiger partial charge in [-0.25, -0.2) is 4.98 Å². The van der Waals surface area contributed by atoms with E-state index in [0.717, 1.165) is 31.6 Å². The van der Waals surface area contributed by atoms with Crippen LogP contribution in [0.15, 0.2) is 18.3 Å². The predicted octanol–water partition coefficient (Wildman–Crippen LogP) is 2.99. The first kappa shape index (κ1) is 15.0. The second kappa shape index (κ2) is 7.37. The van der Waals surface area contributed by atoms with Crippen LogP contribution >= 0.6 is 0 Å². The number of aromatic nitrogens is 1. The van der Waals surface area contributed by atoms with Gasteiger partial charge in [-0.15, -0.1) is 0 Å². The Morgan fingerprint density at radius 3 is 2.56 bits per heavy atom. The molecule has 1 aromatic heterocycles. The third-order valence-electron chi connectivity index (χ3n) is 3.61. The smallest absolute Gasteiger partial charge is 0.131 e. The van der Waals surface area contributed by atoms with Crippen LogP contribution in [0, 0.1) is 0 Å². The van der Waals surface area contributed by atoms with E-state index in [1.165, 1.54) is 5.56 Å². The van der Waals surface area contributed by atoms with Crippen LogP contribution in [0.2, 0.25) is 0 Å². The Morgan fingerprint density at radius 1 is 1.28 bits per heavy atom. The maximum Gasteiger partial charge on any atom is 0.131 e. The van der Waals surface area contributed by atoms with Crippen molar-refractivity contribution in [3.63, 3.8) is 0 Å². The zero-order valence-corrected chi connectivity index (χ0v) is 12.2. The molecule has 0 aromatic carbocycles. The van der Waals surface area contributed by atoms with Crippen LogP contribution in [-0.4, -0.2) is 23.6 Å². The van der Waals surface area contributed by atoms with Gasteiger partial charge in [-0.05, 0) is 44.7 Å². The maximum atomic E-state index is 6.08. The number of hydrogen-bond donors (Lipinski definition) is 1. The molecule has 102 valence electrons. The quantitative estimate of drug-likeness (QED) is 0.807. The van der Waals surface area contributed by atoms with Crippen molar-refractivity contribution in [3.05, 3.63) is 23.9 Å². The lowest BCUT2D eigenvalue weighted by atomic mass is 10.0. The van der Waals surface area contributed by atoms with Gasteiger partial charge in [-0.3, -0.25) is 0 Å². The molecule has 3 nitrogen and oxygen atoms in total. The molecule has 0 aliphatic heterocycles.